The Bertz CT molecular complexity index is 1410. The van der Waals surface area contributed by atoms with E-state index in [9.17, 15) is 10.3 Å². The number of nitrogens with zero attached hydrogens (tertiary/aromatic N) is 3. The number of aromatic amines is 1. The van der Waals surface area contributed by atoms with E-state index in [1.807, 2.05) is 0 Å². The van der Waals surface area contributed by atoms with Crippen LogP contribution in [-0.4, -0.2) is 80.6 Å². The van der Waals surface area contributed by atoms with Gasteiger partial charge in [0.05, 0.1) is 17.7 Å². The molecule has 1 aromatic heterocycles. The third-order valence-electron chi connectivity index (χ3n) is 11.8. The van der Waals surface area contributed by atoms with Gasteiger partial charge in [0.15, 0.2) is 0 Å². The maximum absolute atomic E-state index is 13.1. The standard InChI is InChI=1S/C36H48N4O2/c41-36-18-10-4-1-2-5-11-19-38-21-17-30(35(25-38)23-26-13-7-3-6-12-20-39(26)34(35)36)29(24-36)33-32-28(16-22-40(33)42)27-14-8-9-15-31(27)37-32/h1,4,7-9,13-15,24,26,30,33-34,37,41-42H,2-3,5-6,10-12,16-23,25H2. The van der Waals surface area contributed by atoms with E-state index in [1.165, 1.54) is 48.6 Å². The molecule has 1 aliphatic carbocycles. The van der Waals surface area contributed by atoms with Gasteiger partial charge in [-0.15, -0.1) is 0 Å². The summed E-state index contributed by atoms with van der Waals surface area (Å²) in [6.07, 6.45) is 23.7. The molecule has 2 fully saturated rings. The highest BCUT2D eigenvalue weighted by molar-refractivity contribution is 5.85. The molecule has 0 amide bonds. The number of nitrogens with one attached hydrogen (secondary N) is 1. The SMILES string of the molecule is ON1CCc2c([nH]c3ccccc23)C1C1=CC2(O)CCC=CCCCCN3CCC1C1(CC4C=CCCCCN4C21)C3. The van der Waals surface area contributed by atoms with Crippen LogP contribution in [-0.2, 0) is 6.42 Å². The molecule has 6 aliphatic rings. The summed E-state index contributed by atoms with van der Waals surface area (Å²) >= 11 is 0. The predicted octanol–water partition coefficient (Wildman–Crippen LogP) is 6.14. The van der Waals surface area contributed by atoms with E-state index in [-0.39, 0.29) is 17.5 Å². The molecule has 7 atom stereocenters. The monoisotopic (exact) mass is 568 g/mol. The molecule has 3 bridgehead atoms. The minimum atomic E-state index is -0.945. The second-order valence-corrected chi connectivity index (χ2v) is 14.2. The molecule has 7 unspecified atom stereocenters. The zero-order valence-corrected chi connectivity index (χ0v) is 25.1. The molecule has 5 aliphatic heterocycles. The van der Waals surface area contributed by atoms with Crippen LogP contribution in [0.1, 0.15) is 81.5 Å². The number of para-hydroxylation sites is 1. The first kappa shape index (κ1) is 27.3. The lowest BCUT2D eigenvalue weighted by Gasteiger charge is -2.59. The number of aliphatic hydroxyl groups is 1. The van der Waals surface area contributed by atoms with E-state index in [0.29, 0.717) is 18.5 Å². The summed E-state index contributed by atoms with van der Waals surface area (Å²) in [7, 11) is 0. The summed E-state index contributed by atoms with van der Waals surface area (Å²) in [5.41, 5.74) is 3.90. The van der Waals surface area contributed by atoms with E-state index in [2.05, 4.69) is 69.4 Å². The largest absolute Gasteiger partial charge is 0.384 e. The average molecular weight is 569 g/mol. The smallest absolute Gasteiger partial charge is 0.0994 e. The summed E-state index contributed by atoms with van der Waals surface area (Å²) < 4.78 is 0. The number of hydroxylamine groups is 2. The van der Waals surface area contributed by atoms with Crippen LogP contribution in [0.2, 0.25) is 0 Å². The van der Waals surface area contributed by atoms with Gasteiger partial charge >= 0.3 is 0 Å². The van der Waals surface area contributed by atoms with Crippen LogP contribution < -0.4 is 0 Å². The number of allylic oxidation sites excluding steroid dienone is 3. The van der Waals surface area contributed by atoms with Crippen molar-refractivity contribution in [3.05, 3.63) is 71.5 Å². The van der Waals surface area contributed by atoms with Gasteiger partial charge in [-0.25, -0.2) is 0 Å². The normalized spacial score (nSPS) is 39.3. The highest BCUT2D eigenvalue weighted by atomic mass is 16.5. The van der Waals surface area contributed by atoms with Crippen molar-refractivity contribution in [1.82, 2.24) is 19.8 Å². The zero-order valence-electron chi connectivity index (χ0n) is 25.1. The average Bonchev–Trinajstić information content (AvgIpc) is 3.49. The quantitative estimate of drug-likeness (QED) is 0.361. The number of H-pyrrole nitrogens is 1. The van der Waals surface area contributed by atoms with Gasteiger partial charge in [0.1, 0.15) is 0 Å². The molecule has 8 rings (SSSR count). The molecule has 6 heterocycles. The number of benzene rings is 1. The Morgan fingerprint density at radius 2 is 1.74 bits per heavy atom. The number of hydrogen-bond donors (Lipinski definition) is 3. The van der Waals surface area contributed by atoms with Crippen LogP contribution in [0.15, 0.2) is 60.2 Å². The van der Waals surface area contributed by atoms with Crippen molar-refractivity contribution in [2.24, 2.45) is 11.3 Å². The van der Waals surface area contributed by atoms with Crippen molar-refractivity contribution in [2.75, 3.05) is 32.7 Å². The number of fused-ring (bicyclic) bond motifs is 5. The highest BCUT2D eigenvalue weighted by Gasteiger charge is 2.66. The Morgan fingerprint density at radius 3 is 2.67 bits per heavy atom. The molecule has 3 N–H and O–H groups in total. The van der Waals surface area contributed by atoms with Gasteiger partial charge in [-0.3, -0.25) is 4.90 Å². The maximum atomic E-state index is 13.1. The topological polar surface area (TPSA) is 66.0 Å². The Morgan fingerprint density at radius 1 is 0.905 bits per heavy atom. The van der Waals surface area contributed by atoms with Crippen molar-refractivity contribution >= 4 is 10.9 Å². The summed E-state index contributed by atoms with van der Waals surface area (Å²) in [5.74, 6) is 0.332. The Balaban J connectivity index is 1.32. The third-order valence-corrected chi connectivity index (χ3v) is 11.8. The van der Waals surface area contributed by atoms with E-state index in [0.717, 1.165) is 75.9 Å². The first-order valence-corrected chi connectivity index (χ1v) is 16.9. The van der Waals surface area contributed by atoms with Gasteiger partial charge in [0.25, 0.3) is 0 Å². The Hall–Kier alpha value is -2.22. The van der Waals surface area contributed by atoms with Crippen LogP contribution in [0.5, 0.6) is 0 Å². The highest BCUT2D eigenvalue weighted by Crippen LogP contribution is 2.62. The second-order valence-electron chi connectivity index (χ2n) is 14.2. The lowest BCUT2D eigenvalue weighted by Crippen LogP contribution is -2.66. The van der Waals surface area contributed by atoms with Crippen molar-refractivity contribution in [1.29, 1.82) is 0 Å². The minimum absolute atomic E-state index is 0.0430. The number of hydrogen-bond acceptors (Lipinski definition) is 5. The molecular weight excluding hydrogens is 520 g/mol. The van der Waals surface area contributed by atoms with E-state index >= 15 is 0 Å². The fourth-order valence-electron chi connectivity index (χ4n) is 10.2. The predicted molar refractivity (Wildman–Crippen MR) is 167 cm³/mol. The van der Waals surface area contributed by atoms with Crippen LogP contribution >= 0.6 is 0 Å². The minimum Gasteiger partial charge on any atom is -0.384 e. The lowest BCUT2D eigenvalue weighted by atomic mass is 9.54. The molecule has 1 spiro atoms. The third kappa shape index (κ3) is 4.32. The van der Waals surface area contributed by atoms with Gasteiger partial charge in [0.2, 0.25) is 0 Å². The summed E-state index contributed by atoms with van der Waals surface area (Å²) in [4.78, 5) is 9.23. The van der Waals surface area contributed by atoms with Crippen molar-refractivity contribution in [3.63, 3.8) is 0 Å². The fourth-order valence-corrected chi connectivity index (χ4v) is 10.2. The molecule has 6 heteroatoms. The van der Waals surface area contributed by atoms with Gasteiger partial charge < -0.3 is 20.2 Å². The van der Waals surface area contributed by atoms with Gasteiger partial charge in [0, 0.05) is 41.1 Å². The van der Waals surface area contributed by atoms with Crippen LogP contribution in [0, 0.1) is 11.3 Å². The number of piperidine rings is 1. The molecule has 224 valence electrons. The van der Waals surface area contributed by atoms with Gasteiger partial charge in [-0.05, 0) is 119 Å². The van der Waals surface area contributed by atoms with Crippen LogP contribution in [0.25, 0.3) is 10.9 Å². The van der Waals surface area contributed by atoms with E-state index in [4.69, 9.17) is 0 Å². The van der Waals surface area contributed by atoms with Gasteiger partial charge in [-0.1, -0.05) is 42.5 Å². The molecule has 6 nitrogen and oxygen atoms in total. The first-order chi connectivity index (χ1) is 20.6. The van der Waals surface area contributed by atoms with Crippen LogP contribution in [0.3, 0.4) is 0 Å². The molecule has 42 heavy (non-hydrogen) atoms. The molecule has 1 aromatic carbocycles. The lowest BCUT2D eigenvalue weighted by molar-refractivity contribution is -0.140. The Kier molecular flexibility index (Phi) is 6.99. The Labute approximate surface area is 250 Å². The molecule has 0 radical (unpaired) electrons. The second kappa shape index (κ2) is 10.7. The summed E-state index contributed by atoms with van der Waals surface area (Å²) in [5, 5.41) is 27.7. The summed E-state index contributed by atoms with van der Waals surface area (Å²) in [6.45, 7) is 4.98. The molecule has 2 aromatic rings. The molecule has 2 saturated heterocycles. The van der Waals surface area contributed by atoms with Gasteiger partial charge in [-0.2, -0.15) is 5.06 Å². The first-order valence-electron chi connectivity index (χ1n) is 16.9. The summed E-state index contributed by atoms with van der Waals surface area (Å²) in [6, 6.07) is 8.83. The van der Waals surface area contributed by atoms with E-state index < -0.39 is 5.60 Å². The molecule has 0 saturated carbocycles. The van der Waals surface area contributed by atoms with E-state index in [1.54, 1.807) is 5.06 Å². The molecular formula is C36H48N4O2. The van der Waals surface area contributed by atoms with Crippen LogP contribution in [0.4, 0.5) is 0 Å². The van der Waals surface area contributed by atoms with Crippen molar-refractivity contribution in [2.45, 2.75) is 94.4 Å². The number of rotatable bonds is 1. The van der Waals surface area contributed by atoms with Crippen molar-refractivity contribution in [3.8, 4) is 0 Å². The van der Waals surface area contributed by atoms with Crippen molar-refractivity contribution < 1.29 is 10.3 Å². The zero-order chi connectivity index (χ0) is 28.3. The fraction of sp³-hybridized carbons (Fsp3) is 0.611. The maximum Gasteiger partial charge on any atom is 0.0994 e. The number of aromatic nitrogens is 1.